The van der Waals surface area contributed by atoms with E-state index in [0.717, 1.165) is 32.7 Å². The van der Waals surface area contributed by atoms with Crippen LogP contribution in [-0.2, 0) is 40.9 Å². The maximum absolute atomic E-state index is 15.3. The summed E-state index contributed by atoms with van der Waals surface area (Å²) in [4.78, 5) is 69.0. The van der Waals surface area contributed by atoms with Crippen molar-refractivity contribution >= 4 is 69.4 Å². The highest BCUT2D eigenvalue weighted by Crippen LogP contribution is 2.45. The Kier molecular flexibility index (Phi) is 15.0. The Labute approximate surface area is 458 Å². The summed E-state index contributed by atoms with van der Waals surface area (Å²) >= 11 is 9.64. The van der Waals surface area contributed by atoms with Gasteiger partial charge in [0.15, 0.2) is 10.8 Å². The molecule has 14 nitrogen and oxygen atoms in total. The maximum atomic E-state index is 15.3. The molecule has 1 saturated heterocycles. The van der Waals surface area contributed by atoms with Gasteiger partial charge in [0, 0.05) is 39.1 Å². The largest absolute Gasteiger partial charge is 0.477 e. The number of fused-ring (bicyclic) bond motifs is 1. The number of carbonyl (C=O) groups is 4. The topological polar surface area (TPSA) is 177 Å². The second-order valence-electron chi connectivity index (χ2n) is 19.3. The van der Waals surface area contributed by atoms with E-state index in [1.54, 1.807) is 20.8 Å². The van der Waals surface area contributed by atoms with Crippen LogP contribution in [0, 0.1) is 0 Å². The van der Waals surface area contributed by atoms with Crippen molar-refractivity contribution in [1.82, 2.24) is 25.0 Å². The molecular weight excluding hydrogens is 1030 g/mol. The summed E-state index contributed by atoms with van der Waals surface area (Å²) in [6.45, 7) is 5.26. The molecule has 2 atom stereocenters. The molecule has 3 N–H and O–H groups in total. The van der Waals surface area contributed by atoms with Gasteiger partial charge in [-0.15, -0.1) is 11.8 Å². The minimum absolute atomic E-state index is 0.0186. The first kappa shape index (κ1) is 52.1. The molecule has 2 aromatic heterocycles. The van der Waals surface area contributed by atoms with Gasteiger partial charge in [-0.1, -0.05) is 210 Å². The number of carboxylic acids is 1. The number of oxime groups is 1. The molecule has 8 aromatic rings. The van der Waals surface area contributed by atoms with E-state index in [2.05, 4.69) is 15.7 Å². The summed E-state index contributed by atoms with van der Waals surface area (Å²) in [6.07, 6.45) is 3.02. The van der Waals surface area contributed by atoms with Crippen LogP contribution in [0.4, 0.5) is 9.93 Å². The molecule has 77 heavy (non-hydrogen) atoms. The maximum Gasteiger partial charge on any atom is 0.435 e. The molecule has 0 bridgehead atoms. The lowest BCUT2D eigenvalue weighted by Crippen LogP contribution is -2.72. The van der Waals surface area contributed by atoms with E-state index < -0.39 is 52.7 Å². The third kappa shape index (κ3) is 10.5. The van der Waals surface area contributed by atoms with E-state index in [1.807, 2.05) is 182 Å². The number of nitrogens with zero attached hydrogens (tertiary/aromatic N) is 5. The minimum atomic E-state index is -1.43. The average Bonchev–Trinajstić information content (AvgIpc) is 4.10. The van der Waals surface area contributed by atoms with Crippen LogP contribution in [0.5, 0.6) is 0 Å². The lowest BCUT2D eigenvalue weighted by Gasteiger charge is -2.50. The zero-order valence-corrected chi connectivity index (χ0v) is 44.5. The Balaban J connectivity index is 1.03. The van der Waals surface area contributed by atoms with E-state index in [9.17, 15) is 19.5 Å². The highest BCUT2D eigenvalue weighted by molar-refractivity contribution is 8.02. The quantitative estimate of drug-likeness (QED) is 0.0342. The van der Waals surface area contributed by atoms with Crippen LogP contribution in [0.25, 0.3) is 0 Å². The molecule has 388 valence electrons. The molecule has 0 spiro atoms. The average molecular weight is 1080 g/mol. The van der Waals surface area contributed by atoms with Crippen molar-refractivity contribution in [2.75, 3.05) is 5.32 Å². The fourth-order valence-electron chi connectivity index (χ4n) is 9.82. The van der Waals surface area contributed by atoms with Crippen molar-refractivity contribution in [1.29, 1.82) is 0 Å². The Bertz CT molecular complexity index is 3290. The van der Waals surface area contributed by atoms with Gasteiger partial charge in [0.1, 0.15) is 32.9 Å². The summed E-state index contributed by atoms with van der Waals surface area (Å²) < 4.78 is 6.62. The van der Waals surface area contributed by atoms with Gasteiger partial charge in [0.05, 0.1) is 12.2 Å². The number of benzene rings is 6. The van der Waals surface area contributed by atoms with Crippen LogP contribution in [0.2, 0.25) is 4.34 Å². The van der Waals surface area contributed by atoms with Gasteiger partial charge in [-0.2, -0.15) is 9.78 Å². The van der Waals surface area contributed by atoms with Gasteiger partial charge in [0.25, 0.3) is 11.8 Å². The fraction of sp³-hybridized carbons (Fsp3) is 0.183. The zero-order chi connectivity index (χ0) is 53.7. The molecule has 2 unspecified atom stereocenters. The number of allylic oxidation sites excluding steroid dienone is 1. The molecule has 0 radical (unpaired) electrons. The van der Waals surface area contributed by atoms with Crippen molar-refractivity contribution in [2.24, 2.45) is 5.16 Å². The molecule has 2 aliphatic heterocycles. The molecular formula is C60H52ClN7O7S2. The number of amides is 2. The minimum Gasteiger partial charge on any atom is -0.477 e. The summed E-state index contributed by atoms with van der Waals surface area (Å²) in [5.74, 6) is -2.46. The zero-order valence-electron chi connectivity index (χ0n) is 42.1. The van der Waals surface area contributed by atoms with Gasteiger partial charge in [-0.05, 0) is 50.3 Å². The number of ether oxygens (including phenoxy) is 1. The predicted octanol–water partition coefficient (Wildman–Crippen LogP) is 11.6. The third-order valence-corrected chi connectivity index (χ3v) is 15.7. The Hall–Kier alpha value is -8.31. The summed E-state index contributed by atoms with van der Waals surface area (Å²) in [7, 11) is 0. The van der Waals surface area contributed by atoms with E-state index in [4.69, 9.17) is 31.3 Å². The highest BCUT2D eigenvalue weighted by Gasteiger charge is 2.54. The molecule has 2 aliphatic rings. The number of nitrogens with one attached hydrogen (secondary N) is 2. The number of carbonyl (C=O) groups excluding carboxylic acids is 3. The standard InChI is InChI=1S/C60H52ClN7O7S2/c1-58(2,3)74-57(73)67-37-39(36-62-67)38-76-47-35-34-46-48(54(70)68(46)51(47)55(71)72)63-53(69)50(66-75-60(43-28-16-7-17-29-43,44-30-18-8-19-31-44)45-32-20-9-21-33-45)49-52(61)77-56(64-49)65-59(40-22-10-4-11-23-40,41-24-12-5-13-25-41)42-26-14-6-15-27-42/h4-33,36-37,46,48H,34-35,38H2,1-3H3,(H,63,69)(H,64,65)(H,71,72). The molecule has 2 amide bonds. The number of thiazole rings is 1. The number of hydrogen-bond donors (Lipinski definition) is 3. The molecule has 6 aromatic carbocycles. The van der Waals surface area contributed by atoms with Gasteiger partial charge in [-0.3, -0.25) is 14.5 Å². The predicted molar refractivity (Wildman–Crippen MR) is 298 cm³/mol. The lowest BCUT2D eigenvalue weighted by atomic mass is 9.77. The SMILES string of the molecule is CC(C)(C)OC(=O)n1cc(CSC2=C(C(=O)O)N3C(=O)C(NC(=O)C(=NOC(c4ccccc4)(c4ccccc4)c4ccccc4)c4nc(NC(c5ccccc5)(c5ccccc5)c5ccccc5)sc4Cl)C3CC2)cn1. The molecule has 1 fully saturated rings. The Morgan fingerprint density at radius 3 is 1.70 bits per heavy atom. The first-order chi connectivity index (χ1) is 37.3. The van der Waals surface area contributed by atoms with E-state index in [0.29, 0.717) is 45.1 Å². The van der Waals surface area contributed by atoms with Gasteiger partial charge in [-0.25, -0.2) is 14.6 Å². The molecule has 0 aliphatic carbocycles. The van der Waals surface area contributed by atoms with Crippen molar-refractivity contribution in [3.8, 4) is 0 Å². The van der Waals surface area contributed by atoms with Crippen LogP contribution in [0.1, 0.15) is 78.3 Å². The van der Waals surface area contributed by atoms with E-state index >= 15 is 4.79 Å². The Morgan fingerprint density at radius 2 is 1.23 bits per heavy atom. The summed E-state index contributed by atoms with van der Waals surface area (Å²) in [5.41, 5.74) is 1.80. The number of hydrogen-bond acceptors (Lipinski definition) is 12. The van der Waals surface area contributed by atoms with Crippen LogP contribution < -0.4 is 10.6 Å². The second-order valence-corrected chi connectivity index (χ2v) is 22.0. The monoisotopic (exact) mass is 1080 g/mol. The molecule has 17 heteroatoms. The van der Waals surface area contributed by atoms with Gasteiger partial charge >= 0.3 is 12.1 Å². The molecule has 10 rings (SSSR count). The van der Waals surface area contributed by atoms with E-state index in [1.165, 1.54) is 29.1 Å². The number of anilines is 1. The summed E-state index contributed by atoms with van der Waals surface area (Å²) in [5, 5.41) is 26.5. The highest BCUT2D eigenvalue weighted by atomic mass is 35.5. The van der Waals surface area contributed by atoms with Crippen molar-refractivity contribution < 1.29 is 33.9 Å². The number of halogens is 1. The molecule has 4 heterocycles. The number of rotatable bonds is 17. The third-order valence-electron chi connectivity index (χ3n) is 13.3. The number of thioether (sulfide) groups is 1. The van der Waals surface area contributed by atoms with Crippen LogP contribution in [-0.4, -0.2) is 72.0 Å². The normalized spacial score (nSPS) is 15.8. The fourth-order valence-corrected chi connectivity index (χ4v) is 12.0. The van der Waals surface area contributed by atoms with E-state index in [-0.39, 0.29) is 27.2 Å². The number of aliphatic carboxylic acids is 1. The van der Waals surface area contributed by atoms with Crippen LogP contribution in [0.3, 0.4) is 0 Å². The van der Waals surface area contributed by atoms with Gasteiger partial charge in [0.2, 0.25) is 5.60 Å². The van der Waals surface area contributed by atoms with Crippen molar-refractivity contribution in [3.63, 3.8) is 0 Å². The van der Waals surface area contributed by atoms with Crippen LogP contribution in [0.15, 0.2) is 210 Å². The second kappa shape index (κ2) is 22.1. The molecule has 0 saturated carbocycles. The van der Waals surface area contributed by atoms with Crippen molar-refractivity contribution in [3.05, 3.63) is 254 Å². The Morgan fingerprint density at radius 1 is 0.753 bits per heavy atom. The first-order valence-corrected chi connectivity index (χ1v) is 27.0. The van der Waals surface area contributed by atoms with Crippen molar-refractivity contribution in [2.45, 2.75) is 68.2 Å². The number of β-lactam (4-membered cyclic amide) rings is 1. The lowest BCUT2D eigenvalue weighted by molar-refractivity contribution is -0.155. The number of aromatic nitrogens is 3. The van der Waals surface area contributed by atoms with Crippen LogP contribution >= 0.6 is 34.7 Å². The van der Waals surface area contributed by atoms with Gasteiger partial charge < -0.3 is 25.3 Å². The number of carboxylic acid groups (broad SMARTS) is 1. The summed E-state index contributed by atoms with van der Waals surface area (Å²) in [6, 6.07) is 56.7. The first-order valence-electron chi connectivity index (χ1n) is 24.8. The smallest absolute Gasteiger partial charge is 0.435 e.